The molecule has 19 heavy (non-hydrogen) atoms. The van der Waals surface area contributed by atoms with Gasteiger partial charge in [0.15, 0.2) is 0 Å². The highest BCUT2D eigenvalue weighted by molar-refractivity contribution is 5.81. The zero-order valence-corrected chi connectivity index (χ0v) is 12.2. The Labute approximate surface area is 114 Å². The lowest BCUT2D eigenvalue weighted by molar-refractivity contribution is -0.138. The molecule has 110 valence electrons. The Morgan fingerprint density at radius 3 is 2.47 bits per heavy atom. The lowest BCUT2D eigenvalue weighted by Crippen LogP contribution is -2.59. The second kappa shape index (κ2) is 5.77. The van der Waals surface area contributed by atoms with Crippen LogP contribution >= 0.6 is 0 Å². The number of rotatable bonds is 3. The molecule has 0 saturated carbocycles. The molecule has 1 fully saturated rings. The van der Waals surface area contributed by atoms with E-state index in [1.807, 2.05) is 27.7 Å². The van der Waals surface area contributed by atoms with Gasteiger partial charge in [0.25, 0.3) is 0 Å². The van der Waals surface area contributed by atoms with Crippen LogP contribution in [0, 0.1) is 0 Å². The van der Waals surface area contributed by atoms with Gasteiger partial charge >= 0.3 is 12.0 Å². The molecule has 6 nitrogen and oxygen atoms in total. The molecule has 0 spiro atoms. The number of hydrogen-bond acceptors (Lipinski definition) is 3. The van der Waals surface area contributed by atoms with Crippen molar-refractivity contribution >= 4 is 12.0 Å². The third-order valence-corrected chi connectivity index (χ3v) is 3.19. The summed E-state index contributed by atoms with van der Waals surface area (Å²) in [6.07, 6.45) is 1.73. The van der Waals surface area contributed by atoms with E-state index < -0.39 is 17.0 Å². The van der Waals surface area contributed by atoms with E-state index in [4.69, 9.17) is 9.84 Å². The molecule has 1 aliphatic rings. The summed E-state index contributed by atoms with van der Waals surface area (Å²) in [6.45, 7) is 8.23. The second-order valence-corrected chi connectivity index (χ2v) is 6.30. The van der Waals surface area contributed by atoms with Crippen LogP contribution in [0.3, 0.4) is 0 Å². The van der Waals surface area contributed by atoms with Crippen LogP contribution < -0.4 is 5.32 Å². The lowest BCUT2D eigenvalue weighted by atomic mass is 9.95. The maximum absolute atomic E-state index is 12.3. The van der Waals surface area contributed by atoms with Gasteiger partial charge in [0, 0.05) is 12.1 Å². The summed E-state index contributed by atoms with van der Waals surface area (Å²) in [4.78, 5) is 24.5. The Balaban J connectivity index is 2.74. The molecule has 6 heteroatoms. The molecule has 1 aliphatic heterocycles. The minimum absolute atomic E-state index is 0.313. The molecule has 0 radical (unpaired) electrons. The molecule has 0 aliphatic carbocycles. The largest absolute Gasteiger partial charge is 0.480 e. The zero-order valence-electron chi connectivity index (χ0n) is 12.2. The Morgan fingerprint density at radius 2 is 2.05 bits per heavy atom. The van der Waals surface area contributed by atoms with E-state index in [1.165, 1.54) is 4.90 Å². The molecule has 0 aromatic rings. The number of carboxylic acid groups (broad SMARTS) is 1. The predicted octanol–water partition coefficient (Wildman–Crippen LogP) is 1.45. The first-order chi connectivity index (χ1) is 8.64. The summed E-state index contributed by atoms with van der Waals surface area (Å²) >= 11 is 0. The monoisotopic (exact) mass is 272 g/mol. The first-order valence-corrected chi connectivity index (χ1v) is 6.53. The van der Waals surface area contributed by atoms with Crippen molar-refractivity contribution in [2.45, 2.75) is 51.6 Å². The molecular formula is C13H24N2O4. The molecule has 0 bridgehead atoms. The van der Waals surface area contributed by atoms with Crippen LogP contribution in [0.25, 0.3) is 0 Å². The highest BCUT2D eigenvalue weighted by Crippen LogP contribution is 2.20. The molecule has 0 aromatic heterocycles. The number of carbonyl (C=O) groups is 2. The molecule has 1 atom stereocenters. The van der Waals surface area contributed by atoms with Crippen molar-refractivity contribution in [2.75, 3.05) is 19.8 Å². The van der Waals surface area contributed by atoms with Crippen molar-refractivity contribution in [2.24, 2.45) is 0 Å². The van der Waals surface area contributed by atoms with Gasteiger partial charge in [-0.1, -0.05) is 0 Å². The first-order valence-electron chi connectivity index (χ1n) is 6.53. The highest BCUT2D eigenvalue weighted by Gasteiger charge is 2.35. The van der Waals surface area contributed by atoms with Crippen LogP contribution in [0.1, 0.15) is 40.5 Å². The van der Waals surface area contributed by atoms with Crippen LogP contribution in [-0.2, 0) is 9.53 Å². The van der Waals surface area contributed by atoms with E-state index in [0.717, 1.165) is 12.8 Å². The summed E-state index contributed by atoms with van der Waals surface area (Å²) in [5.74, 6) is -1.02. The summed E-state index contributed by atoms with van der Waals surface area (Å²) in [6, 6.07) is -0.358. The summed E-state index contributed by atoms with van der Waals surface area (Å²) in [5, 5.41) is 11.8. The second-order valence-electron chi connectivity index (χ2n) is 6.30. The quantitative estimate of drug-likeness (QED) is 0.815. The van der Waals surface area contributed by atoms with Crippen molar-refractivity contribution in [3.05, 3.63) is 0 Å². The number of carbonyl (C=O) groups excluding carboxylic acids is 1. The number of nitrogens with zero attached hydrogens (tertiary/aromatic N) is 1. The van der Waals surface area contributed by atoms with E-state index in [2.05, 4.69) is 5.32 Å². The standard InChI is InChI=1S/C13H24N2O4/c1-12(2,3)15(8-10(16)17)11(18)14-13(4)6-5-7-19-9-13/h5-9H2,1-4H3,(H,14,18)(H,16,17). The molecule has 1 saturated heterocycles. The topological polar surface area (TPSA) is 78.9 Å². The van der Waals surface area contributed by atoms with Crippen LogP contribution in [0.2, 0.25) is 0 Å². The van der Waals surface area contributed by atoms with Gasteiger partial charge in [-0.3, -0.25) is 4.79 Å². The third-order valence-electron chi connectivity index (χ3n) is 3.19. The van der Waals surface area contributed by atoms with Crippen molar-refractivity contribution in [1.82, 2.24) is 10.2 Å². The van der Waals surface area contributed by atoms with Crippen molar-refractivity contribution in [1.29, 1.82) is 0 Å². The number of carboxylic acids is 1. The van der Waals surface area contributed by atoms with Gasteiger partial charge in [-0.15, -0.1) is 0 Å². The fraction of sp³-hybridized carbons (Fsp3) is 0.846. The van der Waals surface area contributed by atoms with Crippen LogP contribution in [0.15, 0.2) is 0 Å². The minimum Gasteiger partial charge on any atom is -0.480 e. The smallest absolute Gasteiger partial charge is 0.323 e. The number of aliphatic carboxylic acids is 1. The molecule has 1 rings (SSSR count). The fourth-order valence-electron chi connectivity index (χ4n) is 2.11. The first kappa shape index (κ1) is 15.8. The molecule has 2 N–H and O–H groups in total. The SMILES string of the molecule is CC1(NC(=O)N(CC(=O)O)C(C)(C)C)CCCOC1. The van der Waals surface area contributed by atoms with E-state index in [0.29, 0.717) is 13.2 Å². The third kappa shape index (κ3) is 4.70. The Hall–Kier alpha value is -1.30. The van der Waals surface area contributed by atoms with Crippen LogP contribution in [0.4, 0.5) is 4.79 Å². The van der Waals surface area contributed by atoms with Gasteiger partial charge in [-0.25, -0.2) is 4.79 Å². The molecule has 1 unspecified atom stereocenters. The average Bonchev–Trinajstić information content (AvgIpc) is 2.24. The average molecular weight is 272 g/mol. The van der Waals surface area contributed by atoms with Crippen molar-refractivity contribution in [3.8, 4) is 0 Å². The van der Waals surface area contributed by atoms with Gasteiger partial charge in [0.2, 0.25) is 0 Å². The zero-order chi connectivity index (χ0) is 14.7. The normalized spacial score (nSPS) is 23.8. The number of ether oxygens (including phenoxy) is 1. The number of amides is 2. The lowest BCUT2D eigenvalue weighted by Gasteiger charge is -2.40. The summed E-state index contributed by atoms with van der Waals surface area (Å²) in [7, 11) is 0. The Bertz CT molecular complexity index is 343. The summed E-state index contributed by atoms with van der Waals surface area (Å²) in [5.41, 5.74) is -0.967. The van der Waals surface area contributed by atoms with Gasteiger partial charge in [0.1, 0.15) is 6.54 Å². The van der Waals surface area contributed by atoms with Crippen LogP contribution in [0.5, 0.6) is 0 Å². The molecule has 2 amide bonds. The summed E-state index contributed by atoms with van der Waals surface area (Å²) < 4.78 is 5.38. The fourth-order valence-corrected chi connectivity index (χ4v) is 2.11. The molecular weight excluding hydrogens is 248 g/mol. The van der Waals surface area contributed by atoms with Gasteiger partial charge < -0.3 is 20.1 Å². The van der Waals surface area contributed by atoms with Crippen LogP contribution in [-0.4, -0.2) is 52.8 Å². The maximum atomic E-state index is 12.3. The van der Waals surface area contributed by atoms with Gasteiger partial charge in [-0.2, -0.15) is 0 Å². The minimum atomic E-state index is -1.02. The molecule has 0 aromatic carbocycles. The predicted molar refractivity (Wildman–Crippen MR) is 71.1 cm³/mol. The highest BCUT2D eigenvalue weighted by atomic mass is 16.5. The number of urea groups is 1. The van der Waals surface area contributed by atoms with E-state index in [9.17, 15) is 9.59 Å². The van der Waals surface area contributed by atoms with E-state index >= 15 is 0 Å². The Morgan fingerprint density at radius 1 is 1.42 bits per heavy atom. The number of nitrogens with one attached hydrogen (secondary N) is 1. The van der Waals surface area contributed by atoms with Crippen molar-refractivity contribution in [3.63, 3.8) is 0 Å². The Kier molecular flexibility index (Phi) is 4.79. The number of hydrogen-bond donors (Lipinski definition) is 2. The molecule has 1 heterocycles. The van der Waals surface area contributed by atoms with Gasteiger partial charge in [-0.05, 0) is 40.5 Å². The maximum Gasteiger partial charge on any atom is 0.323 e. The van der Waals surface area contributed by atoms with Crippen molar-refractivity contribution < 1.29 is 19.4 Å². The van der Waals surface area contributed by atoms with E-state index in [-0.39, 0.29) is 12.6 Å². The van der Waals surface area contributed by atoms with E-state index in [1.54, 1.807) is 0 Å². The van der Waals surface area contributed by atoms with Gasteiger partial charge in [0.05, 0.1) is 12.1 Å².